The topological polar surface area (TPSA) is 360 Å². The SMILES string of the molecule is Cc1c2oc3c(C)ccc(C(=O)NC4C(=O)NC(C(C)C)C(=O)N5CCCC5C(=O)N(C)CC(=O)N(C)C(C(C)C)C(=O)OC4C)c3nc-2c(C(=O)N[C@@H]2C(=O)NC(C(C)C)C(=O)N3CCCC3C(=O)N(C)CC(=O)N(C)C(C(C)C)C(=O)OC2C)c(N)c1=O. The van der Waals surface area contributed by atoms with Crippen LogP contribution in [0.4, 0.5) is 5.69 Å². The highest BCUT2D eigenvalue weighted by Crippen LogP contribution is 2.35. The maximum atomic E-state index is 15.2. The second-order valence-corrected chi connectivity index (χ2v) is 25.5. The fourth-order valence-corrected chi connectivity index (χ4v) is 12.3. The number of hydrogen-bond acceptors (Lipinski definition) is 18. The van der Waals surface area contributed by atoms with E-state index in [2.05, 4.69) is 21.3 Å². The summed E-state index contributed by atoms with van der Waals surface area (Å²) in [6, 6.07) is -7.90. The molecular formula is C62H86N12O16. The van der Waals surface area contributed by atoms with Gasteiger partial charge < -0.3 is 70.3 Å². The molecule has 28 nitrogen and oxygen atoms in total. The first-order valence-electron chi connectivity index (χ1n) is 30.5. The normalized spacial score (nSPS) is 26.2. The molecule has 490 valence electrons. The number of nitrogens with two attached hydrogens (primary N) is 1. The first kappa shape index (κ1) is 68.8. The predicted molar refractivity (Wildman–Crippen MR) is 325 cm³/mol. The molecule has 9 unspecified atom stereocenters. The van der Waals surface area contributed by atoms with Gasteiger partial charge in [0.2, 0.25) is 52.7 Å². The van der Waals surface area contributed by atoms with Gasteiger partial charge in [0, 0.05) is 46.8 Å². The summed E-state index contributed by atoms with van der Waals surface area (Å²) in [5.41, 5.74) is 3.57. The van der Waals surface area contributed by atoms with Crippen LogP contribution in [0.2, 0.25) is 0 Å². The van der Waals surface area contributed by atoms with Crippen LogP contribution in [-0.4, -0.2) is 220 Å². The number of carbonyl (C=O) groups is 12. The molecule has 0 saturated carbocycles. The van der Waals surface area contributed by atoms with E-state index in [0.717, 1.165) is 9.80 Å². The van der Waals surface area contributed by atoms with Crippen molar-refractivity contribution < 1.29 is 71.4 Å². The Labute approximate surface area is 522 Å². The summed E-state index contributed by atoms with van der Waals surface area (Å²) in [4.78, 5) is 199. The van der Waals surface area contributed by atoms with Crippen molar-refractivity contribution in [2.75, 3.05) is 60.1 Å². The van der Waals surface area contributed by atoms with Crippen molar-refractivity contribution in [2.45, 2.75) is 169 Å². The van der Waals surface area contributed by atoms with E-state index in [4.69, 9.17) is 24.6 Å². The second kappa shape index (κ2) is 27.6. The Kier molecular flexibility index (Phi) is 21.1. The van der Waals surface area contributed by atoms with Gasteiger partial charge in [-0.1, -0.05) is 61.5 Å². The van der Waals surface area contributed by atoms with Crippen molar-refractivity contribution in [3.05, 3.63) is 44.6 Å². The minimum absolute atomic E-state index is 0.0763. The molecule has 4 saturated heterocycles. The van der Waals surface area contributed by atoms with Gasteiger partial charge in [-0.05, 0) is 88.7 Å². The summed E-state index contributed by atoms with van der Waals surface area (Å²) in [5.74, 6) is -12.4. The summed E-state index contributed by atoms with van der Waals surface area (Å²) in [5, 5.41) is 10.7. The third kappa shape index (κ3) is 13.7. The number of rotatable bonds is 8. The third-order valence-electron chi connectivity index (χ3n) is 17.5. The number of hydrogen-bond donors (Lipinski definition) is 5. The second-order valence-electron chi connectivity index (χ2n) is 25.5. The standard InChI is InChI=1S/C62H86N12O16/c1-27(2)42-59(84)73-23-17-19-36(73)57(82)69(13)25-38(75)71(15)48(29(5)6)61(86)88-33(11)44(55(80)65-42)67-53(78)35-22-21-31(9)51-46(35)64-47-40(41(63)50(77)32(10)52(47)90-51)54(79)68-45-34(12)89-62(87)49(30(7)8)72(16)39(76)26-70(14)58(83)37-20-18-24-74(37)60(85)43(28(3)4)66-56(45)81/h21-22,27-30,33-34,36-37,42-45,48-49H,17-20,23-26,63H2,1-16H3,(H,65,80)(H,66,81)(H,67,78)(H,68,79)/t33?,34?,36?,37?,42?,43?,44?,45-,48?,49?/m0/s1. The van der Waals surface area contributed by atoms with Crippen LogP contribution in [-0.2, 0) is 57.4 Å². The smallest absolute Gasteiger partial charge is 0.329 e. The Balaban J connectivity index is 1.32. The molecule has 0 spiro atoms. The number of amides is 10. The van der Waals surface area contributed by atoms with Crippen LogP contribution in [0.5, 0.6) is 0 Å². The molecule has 1 aromatic rings. The lowest BCUT2D eigenvalue weighted by Gasteiger charge is -2.36. The molecule has 10 amide bonds. The summed E-state index contributed by atoms with van der Waals surface area (Å²) in [6.07, 6.45) is -1.65. The average molecular weight is 1260 g/mol. The van der Waals surface area contributed by atoms with Crippen LogP contribution >= 0.6 is 0 Å². The zero-order valence-corrected chi connectivity index (χ0v) is 54.1. The van der Waals surface area contributed by atoms with Crippen LogP contribution in [0.3, 0.4) is 0 Å². The summed E-state index contributed by atoms with van der Waals surface area (Å²) >= 11 is 0. The molecule has 0 radical (unpaired) electrons. The lowest BCUT2D eigenvalue weighted by molar-refractivity contribution is -0.163. The van der Waals surface area contributed by atoms with E-state index in [9.17, 15) is 52.7 Å². The molecule has 6 aliphatic rings. The van der Waals surface area contributed by atoms with Crippen LogP contribution in [0.1, 0.15) is 127 Å². The van der Waals surface area contributed by atoms with E-state index >= 15 is 9.59 Å². The molecule has 0 aromatic heterocycles. The number of fused-ring (bicyclic) bond motifs is 4. The van der Waals surface area contributed by atoms with Gasteiger partial charge in [0.05, 0.1) is 29.9 Å². The number of nitrogen functional groups attached to an aromatic ring is 1. The Morgan fingerprint density at radius 3 is 1.44 bits per heavy atom. The highest BCUT2D eigenvalue weighted by atomic mass is 16.6. The number of benzene rings is 2. The molecule has 10 atom stereocenters. The number of aromatic nitrogens is 1. The van der Waals surface area contributed by atoms with Crippen LogP contribution in [0, 0.1) is 37.5 Å². The Bertz CT molecular complexity index is 3420. The minimum Gasteiger partial charge on any atom is -0.458 e. The zero-order chi connectivity index (χ0) is 67.0. The summed E-state index contributed by atoms with van der Waals surface area (Å²) < 4.78 is 18.3. The number of carbonyl (C=O) groups excluding carboxylic acids is 12. The highest BCUT2D eigenvalue weighted by Gasteiger charge is 2.46. The largest absolute Gasteiger partial charge is 0.458 e. The fourth-order valence-electron chi connectivity index (χ4n) is 12.3. The van der Waals surface area contributed by atoms with Crippen molar-refractivity contribution >= 4 is 87.8 Å². The molecule has 5 aliphatic heterocycles. The molecular weight excluding hydrogens is 1170 g/mol. The molecule has 1 aromatic carbocycles. The fraction of sp³-hybridized carbons (Fsp3) is 0.613. The Morgan fingerprint density at radius 2 is 1.03 bits per heavy atom. The third-order valence-corrected chi connectivity index (χ3v) is 17.5. The number of aryl methyl sites for hydroxylation is 1. The summed E-state index contributed by atoms with van der Waals surface area (Å²) in [7, 11) is 5.59. The van der Waals surface area contributed by atoms with Gasteiger partial charge in [-0.25, -0.2) is 14.6 Å². The van der Waals surface area contributed by atoms with E-state index in [-0.39, 0.29) is 53.9 Å². The van der Waals surface area contributed by atoms with Crippen molar-refractivity contribution in [3.8, 4) is 11.5 Å². The molecule has 5 heterocycles. The number of anilines is 1. The molecule has 28 heteroatoms. The number of likely N-dealkylation sites (N-methyl/N-ethyl adjacent to an activating group) is 4. The number of nitrogens with zero attached hydrogens (tertiary/aromatic N) is 7. The Hall–Kier alpha value is -8.72. The predicted octanol–water partition coefficient (Wildman–Crippen LogP) is 0.726. The molecule has 90 heavy (non-hydrogen) atoms. The number of esters is 2. The lowest BCUT2D eigenvalue weighted by atomic mass is 9.98. The molecule has 7 rings (SSSR count). The van der Waals surface area contributed by atoms with Gasteiger partial charge in [0.15, 0.2) is 11.3 Å². The number of nitrogens with one attached hydrogen (secondary N) is 4. The summed E-state index contributed by atoms with van der Waals surface area (Å²) in [6.45, 7) is 18.4. The van der Waals surface area contributed by atoms with E-state index in [1.54, 1.807) is 62.3 Å². The van der Waals surface area contributed by atoms with E-state index < -0.39 is 191 Å². The maximum absolute atomic E-state index is 15.2. The highest BCUT2D eigenvalue weighted by molar-refractivity contribution is 6.10. The van der Waals surface area contributed by atoms with Crippen LogP contribution in [0.15, 0.2) is 21.3 Å². The van der Waals surface area contributed by atoms with Gasteiger partial charge in [0.1, 0.15) is 71.8 Å². The first-order valence-corrected chi connectivity index (χ1v) is 30.5. The van der Waals surface area contributed by atoms with Crippen LogP contribution < -0.4 is 32.4 Å². The van der Waals surface area contributed by atoms with Crippen molar-refractivity contribution in [1.82, 2.24) is 55.7 Å². The molecule has 0 bridgehead atoms. The van der Waals surface area contributed by atoms with Gasteiger partial charge in [0.25, 0.3) is 11.8 Å². The minimum atomic E-state index is -1.88. The van der Waals surface area contributed by atoms with Crippen molar-refractivity contribution in [1.29, 1.82) is 0 Å². The molecule has 6 N–H and O–H groups in total. The van der Waals surface area contributed by atoms with E-state index in [1.165, 1.54) is 80.7 Å². The molecule has 1 aliphatic carbocycles. The van der Waals surface area contributed by atoms with Gasteiger partial charge in [-0.3, -0.25) is 52.7 Å². The maximum Gasteiger partial charge on any atom is 0.329 e. The molecule has 4 fully saturated rings. The van der Waals surface area contributed by atoms with Crippen molar-refractivity contribution in [2.24, 2.45) is 23.7 Å². The van der Waals surface area contributed by atoms with Gasteiger partial charge in [-0.15, -0.1) is 0 Å². The van der Waals surface area contributed by atoms with Gasteiger partial charge in [-0.2, -0.15) is 0 Å². The zero-order valence-electron chi connectivity index (χ0n) is 54.1. The number of cyclic esters (lactones) is 2. The van der Waals surface area contributed by atoms with Crippen molar-refractivity contribution in [3.63, 3.8) is 0 Å². The first-order chi connectivity index (χ1) is 42.1. The lowest BCUT2D eigenvalue weighted by Crippen LogP contribution is -2.61. The quantitative estimate of drug-likeness (QED) is 0.118. The van der Waals surface area contributed by atoms with Gasteiger partial charge >= 0.3 is 11.9 Å². The number of ether oxygens (including phenoxy) is 2. The monoisotopic (exact) mass is 1250 g/mol. The van der Waals surface area contributed by atoms with E-state index in [1.807, 2.05) is 0 Å². The average Bonchev–Trinajstić information content (AvgIpc) is 0.893. The van der Waals surface area contributed by atoms with E-state index in [0.29, 0.717) is 18.4 Å². The Morgan fingerprint density at radius 1 is 0.611 bits per heavy atom. The van der Waals surface area contributed by atoms with Crippen LogP contribution in [0.25, 0.3) is 22.6 Å².